The van der Waals surface area contributed by atoms with Gasteiger partial charge < -0.3 is 24.8 Å². The van der Waals surface area contributed by atoms with Gasteiger partial charge in [-0.1, -0.05) is 39.3 Å². The van der Waals surface area contributed by atoms with Crippen LogP contribution < -0.4 is 25.2 Å². The molecule has 5 aliphatic rings. The molecule has 60 heavy (non-hydrogen) atoms. The van der Waals surface area contributed by atoms with Crippen LogP contribution in [0, 0.1) is 28.1 Å². The van der Waals surface area contributed by atoms with Crippen molar-refractivity contribution in [2.24, 2.45) is 16.7 Å². The van der Waals surface area contributed by atoms with E-state index in [0.717, 1.165) is 16.3 Å². The van der Waals surface area contributed by atoms with E-state index in [1.807, 2.05) is 36.2 Å². The Bertz CT molecular complexity index is 2330. The van der Waals surface area contributed by atoms with Gasteiger partial charge in [0.2, 0.25) is 17.7 Å². The third kappa shape index (κ3) is 7.02. The van der Waals surface area contributed by atoms with Crippen molar-refractivity contribution < 1.29 is 33.5 Å². The molecule has 1 unspecified atom stereocenters. The number of ether oxygens (including phenoxy) is 1. The van der Waals surface area contributed by atoms with Gasteiger partial charge in [-0.15, -0.1) is 0 Å². The first-order chi connectivity index (χ1) is 28.5. The molecule has 14 nitrogen and oxygen atoms in total. The summed E-state index contributed by atoms with van der Waals surface area (Å²) in [4.78, 5) is 84.8. The molecule has 15 heteroatoms. The number of rotatable bonds is 9. The molecule has 0 aromatic heterocycles. The molecule has 4 fully saturated rings. The van der Waals surface area contributed by atoms with E-state index in [0.29, 0.717) is 60.9 Å². The van der Waals surface area contributed by atoms with Gasteiger partial charge in [-0.2, -0.15) is 5.26 Å². The Morgan fingerprint density at radius 1 is 0.867 bits per heavy atom. The lowest BCUT2D eigenvalue weighted by Crippen LogP contribution is -2.74. The summed E-state index contributed by atoms with van der Waals surface area (Å²) in [7, 11) is 1.86. The molecule has 1 aliphatic carbocycles. The first kappa shape index (κ1) is 40.8. The van der Waals surface area contributed by atoms with Gasteiger partial charge in [-0.25, -0.2) is 0 Å². The molecule has 0 spiro atoms. The topological polar surface area (TPSA) is 172 Å². The van der Waals surface area contributed by atoms with Crippen molar-refractivity contribution in [1.82, 2.24) is 20.4 Å². The van der Waals surface area contributed by atoms with E-state index in [-0.39, 0.29) is 70.7 Å². The van der Waals surface area contributed by atoms with Gasteiger partial charge in [0.15, 0.2) is 0 Å². The van der Waals surface area contributed by atoms with Gasteiger partial charge in [0, 0.05) is 85.4 Å². The molecule has 4 aliphatic heterocycles. The Balaban J connectivity index is 0.804. The van der Waals surface area contributed by atoms with Crippen LogP contribution >= 0.6 is 11.6 Å². The largest absolute Gasteiger partial charge is 0.489 e. The number of halogens is 1. The molecule has 0 radical (unpaired) electrons. The Morgan fingerprint density at radius 3 is 2.15 bits per heavy atom. The first-order valence-corrected chi connectivity index (χ1v) is 20.8. The van der Waals surface area contributed by atoms with E-state index in [1.54, 1.807) is 36.4 Å². The second-order valence-electron chi connectivity index (χ2n) is 17.8. The summed E-state index contributed by atoms with van der Waals surface area (Å²) in [6.45, 7) is 10.9. The number of carbonyl (C=O) groups is 6. The zero-order valence-electron chi connectivity index (χ0n) is 34.3. The minimum Gasteiger partial charge on any atom is -0.489 e. The number of fused-ring (bicyclic) bond motifs is 1. The molecule has 6 amide bonds. The third-order valence-corrected chi connectivity index (χ3v) is 13.6. The number of hydrogen-bond donors (Lipinski definition) is 2. The third-order valence-electron chi connectivity index (χ3n) is 13.3. The normalized spacial score (nSPS) is 23.6. The molecular weight excluding hydrogens is 786 g/mol. The van der Waals surface area contributed by atoms with Crippen LogP contribution in [0.1, 0.15) is 90.0 Å². The standard InChI is InChI=1S/C45H48ClN7O7/c1-44(2)42(45(3,4)43(44)60-31-12-8-27(22-47)34(46)21-31)49-37(55)25-6-9-28(10-7-25)52-23-30(24-52)50(5)39(57)26-16-18-51(19-17-26)29-11-13-32-33(20-29)41(59)53(40(32)58)35-14-15-36(54)48-38(35)56/h6-13,20-21,26,30,35,42-43H,14-19,23-24H2,1-5H3,(H,49,55)(H,48,54,56)/t35?,42-,43-. The van der Waals surface area contributed by atoms with Crippen LogP contribution in [0.25, 0.3) is 0 Å². The smallest absolute Gasteiger partial charge is 0.262 e. The van der Waals surface area contributed by atoms with Crippen molar-refractivity contribution in [2.45, 2.75) is 77.6 Å². The highest BCUT2D eigenvalue weighted by Gasteiger charge is 2.64. The summed E-state index contributed by atoms with van der Waals surface area (Å²) in [6, 6.07) is 18.6. The van der Waals surface area contributed by atoms with E-state index in [4.69, 9.17) is 16.3 Å². The molecule has 312 valence electrons. The number of hydrogen-bond acceptors (Lipinski definition) is 10. The molecule has 1 saturated carbocycles. The molecule has 2 N–H and O–H groups in total. The van der Waals surface area contributed by atoms with Crippen LogP contribution in [-0.4, -0.2) is 103 Å². The van der Waals surface area contributed by atoms with Gasteiger partial charge in [0.25, 0.3) is 17.7 Å². The highest BCUT2D eigenvalue weighted by molar-refractivity contribution is 6.31. The molecule has 3 aromatic rings. The van der Waals surface area contributed by atoms with Crippen LogP contribution in [0.15, 0.2) is 60.7 Å². The fourth-order valence-corrected chi connectivity index (χ4v) is 10.3. The first-order valence-electron chi connectivity index (χ1n) is 20.4. The maximum atomic E-state index is 13.6. The zero-order valence-corrected chi connectivity index (χ0v) is 35.0. The number of anilines is 2. The number of nitriles is 1. The lowest BCUT2D eigenvalue weighted by Gasteiger charge is -2.63. The van der Waals surface area contributed by atoms with Crippen LogP contribution in [0.2, 0.25) is 5.02 Å². The Kier molecular flexibility index (Phi) is 10.4. The summed E-state index contributed by atoms with van der Waals surface area (Å²) in [6.07, 6.45) is 1.24. The van der Waals surface area contributed by atoms with Crippen molar-refractivity contribution in [3.8, 4) is 11.8 Å². The van der Waals surface area contributed by atoms with Gasteiger partial charge >= 0.3 is 0 Å². The number of benzene rings is 3. The lowest BCUT2D eigenvalue weighted by molar-refractivity contribution is -0.164. The Labute approximate surface area is 353 Å². The average molecular weight is 834 g/mol. The molecule has 3 saturated heterocycles. The summed E-state index contributed by atoms with van der Waals surface area (Å²) >= 11 is 6.24. The summed E-state index contributed by atoms with van der Waals surface area (Å²) in [5.41, 5.74) is 2.40. The molecular formula is C45H48ClN7O7. The van der Waals surface area contributed by atoms with Gasteiger partial charge in [-0.3, -0.25) is 39.0 Å². The predicted octanol–water partition coefficient (Wildman–Crippen LogP) is 4.79. The lowest BCUT2D eigenvalue weighted by atomic mass is 9.49. The minimum absolute atomic E-state index is 0.0598. The molecule has 1 atom stereocenters. The molecule has 4 heterocycles. The molecule has 0 bridgehead atoms. The number of piperidine rings is 2. The second kappa shape index (κ2) is 15.3. The van der Waals surface area contributed by atoms with Gasteiger partial charge in [0.05, 0.1) is 27.8 Å². The summed E-state index contributed by atoms with van der Waals surface area (Å²) in [5, 5.41) is 15.0. The van der Waals surface area contributed by atoms with Gasteiger partial charge in [-0.05, 0) is 73.9 Å². The minimum atomic E-state index is -1.02. The zero-order chi connectivity index (χ0) is 42.8. The van der Waals surface area contributed by atoms with Crippen LogP contribution in [0.3, 0.4) is 0 Å². The molecule has 8 rings (SSSR count). The summed E-state index contributed by atoms with van der Waals surface area (Å²) < 4.78 is 6.36. The van der Waals surface area contributed by atoms with E-state index in [9.17, 15) is 34.0 Å². The number of nitrogens with one attached hydrogen (secondary N) is 2. The van der Waals surface area contributed by atoms with E-state index in [1.165, 1.54) is 0 Å². The fourth-order valence-electron chi connectivity index (χ4n) is 10.1. The Morgan fingerprint density at radius 2 is 1.52 bits per heavy atom. The number of nitrogens with zero attached hydrogens (tertiary/aromatic N) is 5. The van der Waals surface area contributed by atoms with Crippen molar-refractivity contribution >= 4 is 58.4 Å². The fraction of sp³-hybridized carbons (Fsp3) is 0.444. The van der Waals surface area contributed by atoms with Gasteiger partial charge in [0.1, 0.15) is 24.0 Å². The van der Waals surface area contributed by atoms with Crippen LogP contribution in [-0.2, 0) is 14.4 Å². The number of carbonyl (C=O) groups excluding carboxylic acids is 6. The van der Waals surface area contributed by atoms with Crippen molar-refractivity contribution in [2.75, 3.05) is 43.0 Å². The second-order valence-corrected chi connectivity index (χ2v) is 18.2. The maximum Gasteiger partial charge on any atom is 0.262 e. The van der Waals surface area contributed by atoms with Crippen molar-refractivity contribution in [3.63, 3.8) is 0 Å². The monoisotopic (exact) mass is 833 g/mol. The quantitative estimate of drug-likeness (QED) is 0.286. The van der Waals surface area contributed by atoms with Crippen LogP contribution in [0.4, 0.5) is 11.4 Å². The highest BCUT2D eigenvalue weighted by atomic mass is 35.5. The van der Waals surface area contributed by atoms with E-state index >= 15 is 0 Å². The van der Waals surface area contributed by atoms with Crippen molar-refractivity contribution in [1.29, 1.82) is 5.26 Å². The van der Waals surface area contributed by atoms with E-state index < -0.39 is 29.7 Å². The Hall–Kier alpha value is -5.94. The van der Waals surface area contributed by atoms with Crippen molar-refractivity contribution in [3.05, 3.63) is 87.9 Å². The number of amides is 6. The van der Waals surface area contributed by atoms with E-state index in [2.05, 4.69) is 54.2 Å². The number of imide groups is 2. The summed E-state index contributed by atoms with van der Waals surface area (Å²) in [5.74, 6) is -1.76. The predicted molar refractivity (Wildman–Crippen MR) is 223 cm³/mol. The highest BCUT2D eigenvalue weighted by Crippen LogP contribution is 2.55. The van der Waals surface area contributed by atoms with Crippen LogP contribution in [0.5, 0.6) is 5.75 Å². The maximum absolute atomic E-state index is 13.6. The molecule has 3 aromatic carbocycles. The average Bonchev–Trinajstić information content (AvgIpc) is 3.45. The SMILES string of the molecule is CN(C(=O)C1CCN(c2ccc3c(c2)C(=O)N(C2CCC(=O)NC2=O)C3=O)CC1)C1CN(c2ccc(C(=O)N[C@H]3C(C)(C)[C@H](Oc4ccc(C#N)c(Cl)c4)C3(C)C)cc2)C1. The number of likely N-dealkylation sites (N-methyl/N-ethyl adjacent to an activating group) is 1.